The van der Waals surface area contributed by atoms with Crippen LogP contribution in [0.1, 0.15) is 26.7 Å². The van der Waals surface area contributed by atoms with Crippen LogP contribution in [0.15, 0.2) is 12.2 Å². The van der Waals surface area contributed by atoms with Crippen LogP contribution < -0.4 is 0 Å². The van der Waals surface area contributed by atoms with Gasteiger partial charge in [-0.15, -0.1) is 0 Å². The zero-order valence-corrected chi connectivity index (χ0v) is 8.69. The number of rotatable bonds is 4. The molecular formula is C10H14O5. The summed E-state index contributed by atoms with van der Waals surface area (Å²) >= 11 is 0. The van der Waals surface area contributed by atoms with Gasteiger partial charge in [-0.2, -0.15) is 0 Å². The van der Waals surface area contributed by atoms with E-state index in [1.165, 1.54) is 12.2 Å². The van der Waals surface area contributed by atoms with E-state index in [4.69, 9.17) is 14.9 Å². The molecule has 0 radical (unpaired) electrons. The van der Waals surface area contributed by atoms with Gasteiger partial charge in [-0.25, -0.2) is 9.59 Å². The molecule has 2 atom stereocenters. The second-order valence-electron chi connectivity index (χ2n) is 3.53. The van der Waals surface area contributed by atoms with Crippen LogP contribution in [0, 0.1) is 0 Å². The van der Waals surface area contributed by atoms with E-state index < -0.39 is 23.1 Å². The zero-order valence-electron chi connectivity index (χ0n) is 8.69. The van der Waals surface area contributed by atoms with Crippen molar-refractivity contribution >= 4 is 11.9 Å². The summed E-state index contributed by atoms with van der Waals surface area (Å²) in [6, 6.07) is 0. The average molecular weight is 214 g/mol. The maximum atomic E-state index is 11.0. The van der Waals surface area contributed by atoms with Gasteiger partial charge in [0.05, 0.1) is 0 Å². The maximum absolute atomic E-state index is 11.0. The first-order valence-corrected chi connectivity index (χ1v) is 4.80. The summed E-state index contributed by atoms with van der Waals surface area (Å²) in [5.41, 5.74) is -2.98. The Balaban J connectivity index is 3.05. The Morgan fingerprint density at radius 1 is 1.07 bits per heavy atom. The second-order valence-corrected chi connectivity index (χ2v) is 3.53. The number of hydrogen-bond donors (Lipinski definition) is 2. The van der Waals surface area contributed by atoms with Crippen LogP contribution in [0.3, 0.4) is 0 Å². The fourth-order valence-corrected chi connectivity index (χ4v) is 1.57. The molecule has 2 unspecified atom stereocenters. The van der Waals surface area contributed by atoms with Gasteiger partial charge in [-0.05, 0) is 25.0 Å². The third-order valence-electron chi connectivity index (χ3n) is 2.76. The molecule has 0 amide bonds. The highest BCUT2D eigenvalue weighted by atomic mass is 16.6. The van der Waals surface area contributed by atoms with Crippen molar-refractivity contribution in [2.24, 2.45) is 0 Å². The Morgan fingerprint density at radius 3 is 1.53 bits per heavy atom. The minimum Gasteiger partial charge on any atom is -0.479 e. The van der Waals surface area contributed by atoms with E-state index in [1.54, 1.807) is 13.8 Å². The molecule has 0 aromatic heterocycles. The first kappa shape index (κ1) is 11.7. The predicted molar refractivity (Wildman–Crippen MR) is 51.5 cm³/mol. The van der Waals surface area contributed by atoms with Crippen molar-refractivity contribution in [3.63, 3.8) is 0 Å². The lowest BCUT2D eigenvalue weighted by Crippen LogP contribution is -2.46. The number of aliphatic carboxylic acids is 2. The topological polar surface area (TPSA) is 83.8 Å². The lowest BCUT2D eigenvalue weighted by molar-refractivity contribution is -0.182. The molecule has 0 aliphatic carbocycles. The first-order valence-electron chi connectivity index (χ1n) is 4.80. The minimum absolute atomic E-state index is 0.202. The Labute approximate surface area is 87.4 Å². The molecule has 15 heavy (non-hydrogen) atoms. The first-order chi connectivity index (χ1) is 6.92. The Hall–Kier alpha value is -1.36. The second kappa shape index (κ2) is 3.66. The quantitative estimate of drug-likeness (QED) is 0.683. The van der Waals surface area contributed by atoms with Crippen LogP contribution in [-0.2, 0) is 14.3 Å². The van der Waals surface area contributed by atoms with E-state index in [2.05, 4.69) is 0 Å². The van der Waals surface area contributed by atoms with E-state index in [-0.39, 0.29) is 12.8 Å². The summed E-state index contributed by atoms with van der Waals surface area (Å²) in [6.45, 7) is 3.29. The van der Waals surface area contributed by atoms with E-state index in [9.17, 15) is 9.59 Å². The Bertz CT molecular complexity index is 292. The van der Waals surface area contributed by atoms with Crippen molar-refractivity contribution in [2.45, 2.75) is 37.9 Å². The minimum atomic E-state index is -1.49. The van der Waals surface area contributed by atoms with Crippen molar-refractivity contribution in [2.75, 3.05) is 0 Å². The van der Waals surface area contributed by atoms with Crippen LogP contribution in [0.5, 0.6) is 0 Å². The average Bonchev–Trinajstić information content (AvgIpc) is 2.59. The van der Waals surface area contributed by atoms with E-state index in [1.807, 2.05) is 0 Å². The van der Waals surface area contributed by atoms with Gasteiger partial charge in [0.15, 0.2) is 11.2 Å². The molecule has 0 spiro atoms. The van der Waals surface area contributed by atoms with Crippen LogP contribution in [0.2, 0.25) is 0 Å². The highest BCUT2D eigenvalue weighted by molar-refractivity contribution is 5.86. The number of carboxylic acids is 2. The fourth-order valence-electron chi connectivity index (χ4n) is 1.57. The molecule has 84 valence electrons. The molecule has 1 aliphatic rings. The highest BCUT2D eigenvalue weighted by Gasteiger charge is 2.51. The summed E-state index contributed by atoms with van der Waals surface area (Å²) < 4.78 is 5.25. The largest absolute Gasteiger partial charge is 0.479 e. The molecule has 0 saturated carbocycles. The molecule has 0 bridgehead atoms. The van der Waals surface area contributed by atoms with Crippen molar-refractivity contribution in [3.8, 4) is 0 Å². The molecule has 0 aromatic rings. The standard InChI is InChI=1S/C10H14O5/c1-3-9(7(11)12)5-6-10(4-2,15-9)8(13)14/h5-6H,3-4H2,1-2H3,(H,11,12)(H,13,14). The van der Waals surface area contributed by atoms with Crippen molar-refractivity contribution in [3.05, 3.63) is 12.2 Å². The van der Waals surface area contributed by atoms with Gasteiger partial charge in [0.2, 0.25) is 0 Å². The van der Waals surface area contributed by atoms with Gasteiger partial charge >= 0.3 is 11.9 Å². The number of carboxylic acid groups (broad SMARTS) is 2. The monoisotopic (exact) mass is 214 g/mol. The molecule has 1 heterocycles. The number of ether oxygens (including phenoxy) is 1. The smallest absolute Gasteiger partial charge is 0.340 e. The molecule has 1 rings (SSSR count). The summed E-state index contributed by atoms with van der Waals surface area (Å²) in [5, 5.41) is 18.0. The van der Waals surface area contributed by atoms with Gasteiger partial charge in [0.1, 0.15) is 0 Å². The van der Waals surface area contributed by atoms with Gasteiger partial charge < -0.3 is 14.9 Å². The van der Waals surface area contributed by atoms with Crippen LogP contribution >= 0.6 is 0 Å². The van der Waals surface area contributed by atoms with E-state index in [0.717, 1.165) is 0 Å². The van der Waals surface area contributed by atoms with Gasteiger partial charge in [0, 0.05) is 0 Å². The van der Waals surface area contributed by atoms with E-state index in [0.29, 0.717) is 0 Å². The van der Waals surface area contributed by atoms with Crippen molar-refractivity contribution in [1.29, 1.82) is 0 Å². The molecular weight excluding hydrogens is 200 g/mol. The van der Waals surface area contributed by atoms with Gasteiger partial charge in [-0.3, -0.25) is 0 Å². The number of carbonyl (C=O) groups is 2. The Morgan fingerprint density at radius 2 is 1.40 bits per heavy atom. The van der Waals surface area contributed by atoms with Crippen LogP contribution in [0.4, 0.5) is 0 Å². The summed E-state index contributed by atoms with van der Waals surface area (Å²) in [6.07, 6.45) is 3.06. The summed E-state index contributed by atoms with van der Waals surface area (Å²) in [4.78, 5) is 22.0. The fraction of sp³-hybridized carbons (Fsp3) is 0.600. The van der Waals surface area contributed by atoms with Crippen molar-refractivity contribution < 1.29 is 24.5 Å². The van der Waals surface area contributed by atoms with Gasteiger partial charge in [-0.1, -0.05) is 13.8 Å². The molecule has 0 aromatic carbocycles. The molecule has 0 saturated heterocycles. The normalized spacial score (nSPS) is 34.3. The van der Waals surface area contributed by atoms with Crippen LogP contribution in [0.25, 0.3) is 0 Å². The molecule has 0 fully saturated rings. The highest BCUT2D eigenvalue weighted by Crippen LogP contribution is 2.36. The zero-order chi connectivity index (χ0) is 11.7. The third kappa shape index (κ3) is 1.63. The lowest BCUT2D eigenvalue weighted by Gasteiger charge is -2.28. The lowest BCUT2D eigenvalue weighted by atomic mass is 10.0. The van der Waals surface area contributed by atoms with Gasteiger partial charge in [0.25, 0.3) is 0 Å². The van der Waals surface area contributed by atoms with E-state index >= 15 is 0 Å². The summed E-state index contributed by atoms with van der Waals surface area (Å²) in [7, 11) is 0. The summed E-state index contributed by atoms with van der Waals surface area (Å²) in [5.74, 6) is -2.31. The van der Waals surface area contributed by atoms with Crippen LogP contribution in [-0.4, -0.2) is 33.4 Å². The SMILES string of the molecule is CCC1(C(=O)O)C=CC(CC)(C(=O)O)O1. The molecule has 5 heteroatoms. The third-order valence-corrected chi connectivity index (χ3v) is 2.76. The predicted octanol–water partition coefficient (Wildman–Crippen LogP) is 1.04. The molecule has 5 nitrogen and oxygen atoms in total. The number of hydrogen-bond acceptors (Lipinski definition) is 3. The molecule has 2 N–H and O–H groups in total. The Kier molecular flexibility index (Phi) is 2.86. The maximum Gasteiger partial charge on any atom is 0.340 e. The van der Waals surface area contributed by atoms with Crippen molar-refractivity contribution in [1.82, 2.24) is 0 Å². The molecule has 1 aliphatic heterocycles.